The quantitative estimate of drug-likeness (QED) is 0.665. The number of hydrogen-bond acceptors (Lipinski definition) is 1. The monoisotopic (exact) mass is 151 g/mol. The predicted octanol–water partition coefficient (Wildman–Crippen LogP) is 1.84. The topological polar surface area (TPSA) is 57.2 Å². The van der Waals surface area contributed by atoms with E-state index in [1.165, 1.54) is 12.1 Å². The molecule has 0 spiro atoms. The maximum atomic E-state index is 10.9. The molecule has 0 atom stereocenters. The Morgan fingerprint density at radius 1 is 1.45 bits per heavy atom. The van der Waals surface area contributed by atoms with Crippen molar-refractivity contribution in [2.75, 3.05) is 0 Å². The maximum absolute atomic E-state index is 10.9. The number of carbonyl (C=O) groups is 1. The molecule has 1 N–H and O–H groups in total. The van der Waals surface area contributed by atoms with Gasteiger partial charge in [-0.05, 0) is 18.6 Å². The number of aromatic carboxylic acids is 1. The lowest BCUT2D eigenvalue weighted by Crippen LogP contribution is -1.95. The van der Waals surface area contributed by atoms with Gasteiger partial charge in [0.25, 0.3) is 0 Å². The molecule has 0 saturated heterocycles. The summed E-state index contributed by atoms with van der Waals surface area (Å²) in [4.78, 5) is 10.3. The van der Waals surface area contributed by atoms with Crippen LogP contribution in [0, 0.1) is 6.92 Å². The zero-order chi connectivity index (χ0) is 8.43. The molecule has 0 unspecified atom stereocenters. The number of aryl methyl sites for hydroxylation is 1. The van der Waals surface area contributed by atoms with Gasteiger partial charge in [0.05, 0.1) is 5.56 Å². The van der Waals surface area contributed by atoms with Crippen molar-refractivity contribution in [1.82, 2.24) is 0 Å². The molecule has 3 heteroatoms. The SMILES string of the molecule is Cc1ccc(C(=O)O)cc1[O]. The second-order valence-electron chi connectivity index (χ2n) is 2.29. The molecule has 0 amide bonds. The Labute approximate surface area is 63.9 Å². The van der Waals surface area contributed by atoms with Gasteiger partial charge < -0.3 is 5.11 Å². The highest BCUT2D eigenvalue weighted by molar-refractivity contribution is 5.88. The fourth-order valence-electron chi connectivity index (χ4n) is 0.733. The normalized spacial score (nSPS) is 9.55. The summed E-state index contributed by atoms with van der Waals surface area (Å²) in [7, 11) is 0. The van der Waals surface area contributed by atoms with Crippen molar-refractivity contribution in [2.24, 2.45) is 0 Å². The van der Waals surface area contributed by atoms with Gasteiger partial charge in [0.1, 0.15) is 0 Å². The van der Waals surface area contributed by atoms with Crippen LogP contribution in [0.2, 0.25) is 0 Å². The molecule has 1 radical (unpaired) electrons. The number of hydrogen-bond donors (Lipinski definition) is 1. The molecule has 1 aromatic rings. The minimum Gasteiger partial charge on any atom is -0.478 e. The molecule has 0 bridgehead atoms. The number of carboxylic acids is 1. The molecular formula is C8H7O3. The molecule has 0 aliphatic heterocycles. The van der Waals surface area contributed by atoms with E-state index in [0.717, 1.165) is 6.07 Å². The van der Waals surface area contributed by atoms with Crippen LogP contribution in [-0.2, 0) is 5.11 Å². The molecule has 1 aromatic carbocycles. The lowest BCUT2D eigenvalue weighted by atomic mass is 10.1. The Bertz CT molecular complexity index is 291. The number of benzene rings is 1. The third-order valence-electron chi connectivity index (χ3n) is 1.44. The van der Waals surface area contributed by atoms with Gasteiger partial charge in [0.2, 0.25) is 0 Å². The fraction of sp³-hybridized carbons (Fsp3) is 0.125. The van der Waals surface area contributed by atoms with Crippen LogP contribution in [0.3, 0.4) is 0 Å². The van der Waals surface area contributed by atoms with Crippen LogP contribution in [0.1, 0.15) is 15.9 Å². The molecule has 57 valence electrons. The Morgan fingerprint density at radius 3 is 2.55 bits per heavy atom. The summed E-state index contributed by atoms with van der Waals surface area (Å²) in [6.07, 6.45) is 0. The van der Waals surface area contributed by atoms with Crippen molar-refractivity contribution in [3.05, 3.63) is 29.3 Å². The summed E-state index contributed by atoms with van der Waals surface area (Å²) in [6, 6.07) is 4.04. The van der Waals surface area contributed by atoms with Gasteiger partial charge in [0.15, 0.2) is 5.75 Å². The average molecular weight is 151 g/mol. The van der Waals surface area contributed by atoms with Gasteiger partial charge in [-0.3, -0.25) is 5.11 Å². The summed E-state index contributed by atoms with van der Waals surface area (Å²) < 4.78 is 0. The van der Waals surface area contributed by atoms with Crippen molar-refractivity contribution in [1.29, 1.82) is 0 Å². The molecule has 3 nitrogen and oxygen atoms in total. The van der Waals surface area contributed by atoms with Crippen LogP contribution in [-0.4, -0.2) is 11.1 Å². The number of rotatable bonds is 1. The highest BCUT2D eigenvalue weighted by Crippen LogP contribution is 2.17. The lowest BCUT2D eigenvalue weighted by Gasteiger charge is -1.95. The fourth-order valence-corrected chi connectivity index (χ4v) is 0.733. The molecule has 1 rings (SSSR count). The highest BCUT2D eigenvalue weighted by Gasteiger charge is 2.05. The van der Waals surface area contributed by atoms with Gasteiger partial charge in [-0.2, -0.15) is 0 Å². The Kier molecular flexibility index (Phi) is 1.81. The molecule has 0 fully saturated rings. The summed E-state index contributed by atoms with van der Waals surface area (Å²) in [5, 5.41) is 19.3. The van der Waals surface area contributed by atoms with Gasteiger partial charge in [-0.25, -0.2) is 4.79 Å². The first-order valence-corrected chi connectivity index (χ1v) is 3.12. The summed E-state index contributed by atoms with van der Waals surface area (Å²) in [5.74, 6) is -1.30. The van der Waals surface area contributed by atoms with Crippen LogP contribution >= 0.6 is 0 Å². The first kappa shape index (κ1) is 7.60. The van der Waals surface area contributed by atoms with E-state index in [-0.39, 0.29) is 11.3 Å². The maximum Gasteiger partial charge on any atom is 0.335 e. The molecule has 0 saturated carbocycles. The van der Waals surface area contributed by atoms with E-state index in [0.29, 0.717) is 5.56 Å². The van der Waals surface area contributed by atoms with Gasteiger partial charge in [-0.1, -0.05) is 6.07 Å². The van der Waals surface area contributed by atoms with E-state index in [1.807, 2.05) is 0 Å². The second kappa shape index (κ2) is 2.62. The van der Waals surface area contributed by atoms with Crippen molar-refractivity contribution >= 4 is 5.97 Å². The smallest absolute Gasteiger partial charge is 0.335 e. The minimum atomic E-state index is -1.07. The summed E-state index contributed by atoms with van der Waals surface area (Å²) >= 11 is 0. The lowest BCUT2D eigenvalue weighted by molar-refractivity contribution is 0.0696. The molecular weight excluding hydrogens is 144 g/mol. The first-order valence-electron chi connectivity index (χ1n) is 3.12. The predicted molar refractivity (Wildman–Crippen MR) is 38.3 cm³/mol. The van der Waals surface area contributed by atoms with E-state index in [2.05, 4.69) is 0 Å². The zero-order valence-electron chi connectivity index (χ0n) is 6.00. The highest BCUT2D eigenvalue weighted by atomic mass is 16.4. The van der Waals surface area contributed by atoms with E-state index in [1.54, 1.807) is 6.92 Å². The summed E-state index contributed by atoms with van der Waals surface area (Å²) in [6.45, 7) is 1.65. The largest absolute Gasteiger partial charge is 0.478 e. The molecule has 0 heterocycles. The van der Waals surface area contributed by atoms with E-state index < -0.39 is 5.97 Å². The molecule has 11 heavy (non-hydrogen) atoms. The first-order chi connectivity index (χ1) is 5.11. The third-order valence-corrected chi connectivity index (χ3v) is 1.44. The summed E-state index contributed by atoms with van der Waals surface area (Å²) in [5.41, 5.74) is 0.607. The van der Waals surface area contributed by atoms with Gasteiger partial charge in [-0.15, -0.1) is 0 Å². The van der Waals surface area contributed by atoms with Crippen LogP contribution in [0.25, 0.3) is 0 Å². The minimum absolute atomic E-state index is 0.0422. The Morgan fingerprint density at radius 2 is 2.09 bits per heavy atom. The van der Waals surface area contributed by atoms with E-state index in [4.69, 9.17) is 5.11 Å². The van der Waals surface area contributed by atoms with Crippen molar-refractivity contribution in [3.8, 4) is 5.75 Å². The van der Waals surface area contributed by atoms with Crippen LogP contribution < -0.4 is 0 Å². The van der Waals surface area contributed by atoms with Crippen molar-refractivity contribution in [2.45, 2.75) is 6.92 Å². The van der Waals surface area contributed by atoms with Gasteiger partial charge in [0, 0.05) is 6.07 Å². The van der Waals surface area contributed by atoms with Crippen LogP contribution in [0.5, 0.6) is 5.75 Å². The second-order valence-corrected chi connectivity index (χ2v) is 2.29. The molecule has 0 aromatic heterocycles. The molecule has 0 aliphatic rings. The standard InChI is InChI=1S/C8H7O3/c1-5-2-3-6(8(10)11)4-7(5)9/h2-4H,1H3,(H,10,11). The van der Waals surface area contributed by atoms with E-state index >= 15 is 0 Å². The van der Waals surface area contributed by atoms with E-state index in [9.17, 15) is 9.90 Å². The third kappa shape index (κ3) is 1.49. The zero-order valence-corrected chi connectivity index (χ0v) is 6.00. The van der Waals surface area contributed by atoms with Crippen molar-refractivity contribution < 1.29 is 15.0 Å². The van der Waals surface area contributed by atoms with Crippen LogP contribution in [0.15, 0.2) is 18.2 Å². The Hall–Kier alpha value is -1.51. The number of carboxylic acid groups (broad SMARTS) is 1. The Balaban J connectivity index is 3.15. The van der Waals surface area contributed by atoms with Crippen LogP contribution in [0.4, 0.5) is 0 Å². The average Bonchev–Trinajstić information content (AvgIpc) is 1.94. The molecule has 0 aliphatic carbocycles. The van der Waals surface area contributed by atoms with Gasteiger partial charge >= 0.3 is 5.97 Å². The van der Waals surface area contributed by atoms with Crippen molar-refractivity contribution in [3.63, 3.8) is 0 Å².